The number of amides is 1. The molecule has 1 aliphatic rings. The predicted octanol–water partition coefficient (Wildman–Crippen LogP) is 5.75. The van der Waals surface area contributed by atoms with Crippen LogP contribution >= 0.6 is 23.2 Å². The van der Waals surface area contributed by atoms with Crippen LogP contribution < -0.4 is 9.64 Å². The molecule has 2 atom stereocenters. The second kappa shape index (κ2) is 7.97. The summed E-state index contributed by atoms with van der Waals surface area (Å²) in [5.41, 5.74) is 1.80. The quantitative estimate of drug-likeness (QED) is 0.286. The van der Waals surface area contributed by atoms with Crippen LogP contribution in [0.3, 0.4) is 0 Å². The van der Waals surface area contributed by atoms with Crippen molar-refractivity contribution in [3.63, 3.8) is 0 Å². The fraction of sp³-hybridized carbons (Fsp3) is 0.136. The zero-order valence-electron chi connectivity index (χ0n) is 15.8. The number of hydrogen-bond acceptors (Lipinski definition) is 4. The number of halogens is 2. The van der Waals surface area contributed by atoms with Crippen LogP contribution in [0.4, 0.5) is 11.4 Å². The molecule has 8 heteroatoms. The summed E-state index contributed by atoms with van der Waals surface area (Å²) < 4.78 is 6.06. The maximum atomic E-state index is 13.1. The highest BCUT2D eigenvalue weighted by molar-refractivity contribution is 6.31. The number of carbonyl (C=O) groups is 1. The van der Waals surface area contributed by atoms with Crippen LogP contribution in [-0.2, 0) is 4.79 Å². The van der Waals surface area contributed by atoms with E-state index in [1.54, 1.807) is 42.5 Å². The maximum absolute atomic E-state index is 13.1. The average Bonchev–Trinajstić information content (AvgIpc) is 2.72. The molecule has 30 heavy (non-hydrogen) atoms. The van der Waals surface area contributed by atoms with Crippen molar-refractivity contribution >= 4 is 40.5 Å². The van der Waals surface area contributed by atoms with E-state index in [0.29, 0.717) is 27.0 Å². The van der Waals surface area contributed by atoms with Crippen molar-refractivity contribution in [1.82, 2.24) is 0 Å². The Morgan fingerprint density at radius 2 is 1.80 bits per heavy atom. The minimum Gasteiger partial charge on any atom is -0.478 e. The summed E-state index contributed by atoms with van der Waals surface area (Å²) in [6.45, 7) is 1.84. The van der Waals surface area contributed by atoms with E-state index in [4.69, 9.17) is 27.9 Å². The maximum Gasteiger partial charge on any atom is 0.271 e. The van der Waals surface area contributed by atoms with E-state index in [2.05, 4.69) is 0 Å². The SMILES string of the molecule is Cc1cc(Cl)ccc1O[C@@H]1C(=O)N(c2cccc([N+](=O)[O-])c2)[C@@H]1c1ccccc1Cl. The Kier molecular flexibility index (Phi) is 5.37. The summed E-state index contributed by atoms with van der Waals surface area (Å²) >= 11 is 12.4. The van der Waals surface area contributed by atoms with Gasteiger partial charge in [-0.2, -0.15) is 0 Å². The number of β-lactam (4-membered cyclic amide) rings is 1. The number of nitro benzene ring substituents is 1. The number of anilines is 1. The molecule has 0 radical (unpaired) electrons. The molecule has 1 saturated heterocycles. The van der Waals surface area contributed by atoms with Gasteiger partial charge >= 0.3 is 0 Å². The van der Waals surface area contributed by atoms with E-state index in [0.717, 1.165) is 5.56 Å². The van der Waals surface area contributed by atoms with Gasteiger partial charge in [-0.25, -0.2) is 0 Å². The van der Waals surface area contributed by atoms with Gasteiger partial charge in [0.1, 0.15) is 11.8 Å². The van der Waals surface area contributed by atoms with Gasteiger partial charge in [0, 0.05) is 22.2 Å². The number of carbonyl (C=O) groups excluding carboxylic acids is 1. The Morgan fingerprint density at radius 3 is 2.50 bits per heavy atom. The Hall–Kier alpha value is -3.09. The molecule has 6 nitrogen and oxygen atoms in total. The minimum absolute atomic E-state index is 0.101. The van der Waals surface area contributed by atoms with Crippen molar-refractivity contribution in [2.75, 3.05) is 4.90 Å². The second-order valence-electron chi connectivity index (χ2n) is 6.90. The molecule has 152 valence electrons. The highest BCUT2D eigenvalue weighted by atomic mass is 35.5. The molecule has 0 saturated carbocycles. The Bertz CT molecular complexity index is 1150. The molecule has 4 rings (SSSR count). The smallest absolute Gasteiger partial charge is 0.271 e. The van der Waals surface area contributed by atoms with Crippen molar-refractivity contribution in [3.8, 4) is 5.75 Å². The van der Waals surface area contributed by atoms with E-state index in [9.17, 15) is 14.9 Å². The summed E-state index contributed by atoms with van der Waals surface area (Å²) in [5, 5.41) is 12.2. The molecule has 0 aromatic heterocycles. The minimum atomic E-state index is -0.830. The number of benzene rings is 3. The number of rotatable bonds is 5. The lowest BCUT2D eigenvalue weighted by Gasteiger charge is -2.47. The summed E-state index contributed by atoms with van der Waals surface area (Å²) in [5.74, 6) is 0.225. The number of hydrogen-bond donors (Lipinski definition) is 0. The van der Waals surface area contributed by atoms with Gasteiger partial charge in [0.2, 0.25) is 6.10 Å². The lowest BCUT2D eigenvalue weighted by molar-refractivity contribution is -0.384. The topological polar surface area (TPSA) is 72.7 Å². The van der Waals surface area contributed by atoms with Gasteiger partial charge in [0.05, 0.1) is 10.6 Å². The van der Waals surface area contributed by atoms with Gasteiger partial charge in [-0.3, -0.25) is 19.8 Å². The molecule has 1 amide bonds. The molecule has 0 N–H and O–H groups in total. The van der Waals surface area contributed by atoms with E-state index in [1.165, 1.54) is 17.0 Å². The van der Waals surface area contributed by atoms with Crippen LogP contribution in [-0.4, -0.2) is 16.9 Å². The first-order valence-electron chi connectivity index (χ1n) is 9.11. The average molecular weight is 443 g/mol. The zero-order valence-corrected chi connectivity index (χ0v) is 17.3. The van der Waals surface area contributed by atoms with Crippen molar-refractivity contribution in [3.05, 3.63) is 98.0 Å². The molecule has 3 aromatic carbocycles. The Balaban J connectivity index is 1.74. The van der Waals surface area contributed by atoms with E-state index < -0.39 is 17.1 Å². The molecule has 1 aliphatic heterocycles. The standard InChI is InChI=1S/C22H16Cl2N2O4/c1-13-11-14(23)9-10-19(13)30-21-20(17-7-2-3-8-18(17)24)25(22(21)27)15-5-4-6-16(12-15)26(28)29/h2-12,20-21H,1H3/t20-,21+/m1/s1. The highest BCUT2D eigenvalue weighted by Crippen LogP contribution is 2.44. The fourth-order valence-corrected chi connectivity index (χ4v) is 3.99. The normalized spacial score (nSPS) is 18.1. The number of nitro groups is 1. The predicted molar refractivity (Wildman–Crippen MR) is 115 cm³/mol. The van der Waals surface area contributed by atoms with Gasteiger partial charge in [-0.05, 0) is 48.4 Å². The molecule has 1 fully saturated rings. The largest absolute Gasteiger partial charge is 0.478 e. The summed E-state index contributed by atoms with van der Waals surface area (Å²) in [7, 11) is 0. The van der Waals surface area contributed by atoms with Crippen molar-refractivity contribution in [2.45, 2.75) is 19.1 Å². The Labute approximate surface area is 182 Å². The molecule has 1 heterocycles. The molecular weight excluding hydrogens is 427 g/mol. The third kappa shape index (κ3) is 3.60. The summed E-state index contributed by atoms with van der Waals surface area (Å²) in [6.07, 6.45) is -0.830. The van der Waals surface area contributed by atoms with Crippen LogP contribution in [0.2, 0.25) is 10.0 Å². The van der Waals surface area contributed by atoms with E-state index in [-0.39, 0.29) is 11.6 Å². The first-order chi connectivity index (χ1) is 14.4. The number of ether oxygens (including phenoxy) is 1. The second-order valence-corrected chi connectivity index (χ2v) is 7.74. The van der Waals surface area contributed by atoms with Gasteiger partial charge < -0.3 is 4.74 Å². The first-order valence-corrected chi connectivity index (χ1v) is 9.87. The summed E-state index contributed by atoms with van der Waals surface area (Å²) in [6, 6.07) is 17.7. The highest BCUT2D eigenvalue weighted by Gasteiger charge is 2.52. The van der Waals surface area contributed by atoms with Gasteiger partial charge in [-0.15, -0.1) is 0 Å². The number of aryl methyl sites for hydroxylation is 1. The van der Waals surface area contributed by atoms with Crippen LogP contribution in [0.1, 0.15) is 17.2 Å². The molecule has 0 bridgehead atoms. The Morgan fingerprint density at radius 1 is 1.03 bits per heavy atom. The van der Waals surface area contributed by atoms with Crippen molar-refractivity contribution in [2.24, 2.45) is 0 Å². The van der Waals surface area contributed by atoms with Gasteiger partial charge in [0.15, 0.2) is 0 Å². The van der Waals surface area contributed by atoms with Gasteiger partial charge in [-0.1, -0.05) is 47.5 Å². The lowest BCUT2D eigenvalue weighted by atomic mass is 9.89. The number of non-ortho nitro benzene ring substituents is 1. The molecule has 0 aliphatic carbocycles. The van der Waals surface area contributed by atoms with Crippen LogP contribution in [0.25, 0.3) is 0 Å². The summed E-state index contributed by atoms with van der Waals surface area (Å²) in [4.78, 5) is 25.2. The van der Waals surface area contributed by atoms with E-state index >= 15 is 0 Å². The molecular formula is C22H16Cl2N2O4. The third-order valence-corrected chi connectivity index (χ3v) is 5.56. The van der Waals surface area contributed by atoms with Gasteiger partial charge in [0.25, 0.3) is 11.6 Å². The van der Waals surface area contributed by atoms with Crippen LogP contribution in [0.15, 0.2) is 66.7 Å². The fourth-order valence-electron chi connectivity index (χ4n) is 3.52. The monoisotopic (exact) mass is 442 g/mol. The van der Waals surface area contributed by atoms with Crippen molar-refractivity contribution < 1.29 is 14.5 Å². The van der Waals surface area contributed by atoms with Crippen LogP contribution in [0, 0.1) is 17.0 Å². The lowest BCUT2D eigenvalue weighted by Crippen LogP contribution is -2.61. The first kappa shape index (κ1) is 20.2. The molecule has 0 unspecified atom stereocenters. The third-order valence-electron chi connectivity index (χ3n) is 4.98. The molecule has 3 aromatic rings. The number of nitrogens with zero attached hydrogens (tertiary/aromatic N) is 2. The van der Waals surface area contributed by atoms with E-state index in [1.807, 2.05) is 19.1 Å². The van der Waals surface area contributed by atoms with Crippen LogP contribution in [0.5, 0.6) is 5.75 Å². The molecule has 0 spiro atoms. The zero-order chi connectivity index (χ0) is 21.4. The van der Waals surface area contributed by atoms with Crippen molar-refractivity contribution in [1.29, 1.82) is 0 Å².